The molecule has 0 N–H and O–H groups in total. The van der Waals surface area contributed by atoms with Crippen LogP contribution in [0, 0.1) is 22.7 Å². The maximum atomic E-state index is 12.8. The maximum absolute atomic E-state index is 12.8. The predicted molar refractivity (Wildman–Crippen MR) is 88.4 cm³/mol. The van der Waals surface area contributed by atoms with Crippen molar-refractivity contribution in [2.45, 2.75) is 5.16 Å². The Morgan fingerprint density at radius 3 is 2.52 bits per heavy atom. The van der Waals surface area contributed by atoms with E-state index in [0.717, 1.165) is 0 Å². The van der Waals surface area contributed by atoms with Crippen molar-refractivity contribution in [3.8, 4) is 17.8 Å². The van der Waals surface area contributed by atoms with Crippen molar-refractivity contribution in [3.63, 3.8) is 0 Å². The molecule has 6 heteroatoms. The van der Waals surface area contributed by atoms with E-state index in [0.29, 0.717) is 27.3 Å². The van der Waals surface area contributed by atoms with Crippen molar-refractivity contribution in [2.75, 3.05) is 5.75 Å². The molecule has 1 heterocycles. The van der Waals surface area contributed by atoms with Gasteiger partial charge in [0.25, 0.3) is 5.56 Å². The van der Waals surface area contributed by atoms with Gasteiger partial charge in [0.1, 0.15) is 0 Å². The summed E-state index contributed by atoms with van der Waals surface area (Å²) >= 11 is 1.21. The average Bonchev–Trinajstić information content (AvgIpc) is 2.60. The molecule has 0 saturated heterocycles. The molecule has 0 amide bonds. The first-order valence-corrected chi connectivity index (χ1v) is 7.75. The zero-order chi connectivity index (χ0) is 16.2. The number of hydrogen-bond donors (Lipinski definition) is 0. The molecule has 0 saturated carbocycles. The van der Waals surface area contributed by atoms with E-state index in [1.807, 2.05) is 18.2 Å². The predicted octanol–water partition coefficient (Wildman–Crippen LogP) is 2.87. The van der Waals surface area contributed by atoms with Crippen LogP contribution in [0.2, 0.25) is 0 Å². The minimum atomic E-state index is -0.194. The van der Waals surface area contributed by atoms with Gasteiger partial charge in [0.2, 0.25) is 0 Å². The van der Waals surface area contributed by atoms with Crippen LogP contribution in [0.25, 0.3) is 16.6 Å². The van der Waals surface area contributed by atoms with Gasteiger partial charge in [-0.3, -0.25) is 9.36 Å². The van der Waals surface area contributed by atoms with Gasteiger partial charge in [-0.05, 0) is 36.4 Å². The van der Waals surface area contributed by atoms with E-state index in [4.69, 9.17) is 10.5 Å². The Bertz CT molecular complexity index is 1010. The number of benzene rings is 2. The van der Waals surface area contributed by atoms with E-state index in [1.165, 1.54) is 16.3 Å². The molecule has 0 atom stereocenters. The van der Waals surface area contributed by atoms with Crippen LogP contribution in [0.3, 0.4) is 0 Å². The van der Waals surface area contributed by atoms with E-state index in [9.17, 15) is 4.79 Å². The van der Waals surface area contributed by atoms with Gasteiger partial charge in [0.05, 0.1) is 40.0 Å². The second kappa shape index (κ2) is 6.35. The number of nitrogens with zero attached hydrogens (tertiary/aromatic N) is 4. The van der Waals surface area contributed by atoms with Gasteiger partial charge in [0, 0.05) is 0 Å². The molecule has 3 rings (SSSR count). The lowest BCUT2D eigenvalue weighted by atomic mass is 10.2. The van der Waals surface area contributed by atoms with Crippen molar-refractivity contribution in [3.05, 3.63) is 64.4 Å². The van der Waals surface area contributed by atoms with Crippen LogP contribution in [0.1, 0.15) is 5.56 Å². The molecule has 3 aromatic rings. The van der Waals surface area contributed by atoms with Crippen LogP contribution in [-0.4, -0.2) is 15.3 Å². The highest BCUT2D eigenvalue weighted by atomic mass is 32.2. The molecule has 110 valence electrons. The average molecular weight is 318 g/mol. The molecule has 0 radical (unpaired) electrons. The maximum Gasteiger partial charge on any atom is 0.266 e. The Labute approximate surface area is 136 Å². The fraction of sp³-hybridized carbons (Fsp3) is 0.0588. The summed E-state index contributed by atoms with van der Waals surface area (Å²) in [5.74, 6) is 0.195. The third-order valence-corrected chi connectivity index (χ3v) is 4.07. The number of thioether (sulfide) groups is 1. The summed E-state index contributed by atoms with van der Waals surface area (Å²) in [5, 5.41) is 18.7. The van der Waals surface area contributed by atoms with E-state index in [1.54, 1.807) is 42.5 Å². The highest BCUT2D eigenvalue weighted by Gasteiger charge is 2.13. The summed E-state index contributed by atoms with van der Waals surface area (Å²) in [7, 11) is 0. The van der Waals surface area contributed by atoms with E-state index < -0.39 is 0 Å². The Kier molecular flexibility index (Phi) is 4.09. The Morgan fingerprint density at radius 2 is 1.83 bits per heavy atom. The van der Waals surface area contributed by atoms with Gasteiger partial charge in [-0.25, -0.2) is 4.98 Å². The Morgan fingerprint density at radius 1 is 1.09 bits per heavy atom. The smallest absolute Gasteiger partial charge is 0.266 e. The van der Waals surface area contributed by atoms with E-state index in [-0.39, 0.29) is 11.3 Å². The third kappa shape index (κ3) is 2.80. The number of nitriles is 2. The number of rotatable bonds is 3. The number of fused-ring (bicyclic) bond motifs is 1. The largest absolute Gasteiger partial charge is 0.268 e. The standard InChI is InChI=1S/C17H10N4OS/c18-9-10-23-17-20-15-4-2-1-3-14(15)16(22)21(17)13-7-5-12(11-19)6-8-13/h1-8H,10H2. The Hall–Kier alpha value is -3.09. The molecule has 0 aliphatic rings. The molecule has 2 aromatic carbocycles. The highest BCUT2D eigenvalue weighted by Crippen LogP contribution is 2.21. The zero-order valence-electron chi connectivity index (χ0n) is 11.9. The molecule has 0 aliphatic carbocycles. The molecule has 0 fully saturated rings. The van der Waals surface area contributed by atoms with Gasteiger partial charge in [-0.2, -0.15) is 10.5 Å². The summed E-state index contributed by atoms with van der Waals surface area (Å²) in [5.41, 5.74) is 1.54. The monoisotopic (exact) mass is 318 g/mol. The summed E-state index contributed by atoms with van der Waals surface area (Å²) in [6, 6.07) is 17.9. The van der Waals surface area contributed by atoms with E-state index >= 15 is 0 Å². The van der Waals surface area contributed by atoms with Crippen molar-refractivity contribution in [1.82, 2.24) is 9.55 Å². The lowest BCUT2D eigenvalue weighted by Crippen LogP contribution is -2.21. The summed E-state index contributed by atoms with van der Waals surface area (Å²) in [4.78, 5) is 17.3. The minimum absolute atomic E-state index is 0.194. The van der Waals surface area contributed by atoms with Crippen molar-refractivity contribution >= 4 is 22.7 Å². The molecule has 23 heavy (non-hydrogen) atoms. The van der Waals surface area contributed by atoms with Crippen molar-refractivity contribution in [2.24, 2.45) is 0 Å². The first-order valence-electron chi connectivity index (χ1n) is 6.76. The third-order valence-electron chi connectivity index (χ3n) is 3.27. The molecule has 0 unspecified atom stereocenters. The van der Waals surface area contributed by atoms with Crippen LogP contribution in [-0.2, 0) is 0 Å². The summed E-state index contributed by atoms with van der Waals surface area (Å²) in [6.07, 6.45) is 0. The van der Waals surface area contributed by atoms with Gasteiger partial charge in [-0.1, -0.05) is 23.9 Å². The number of aromatic nitrogens is 2. The van der Waals surface area contributed by atoms with Crippen LogP contribution in [0.5, 0.6) is 0 Å². The van der Waals surface area contributed by atoms with Crippen LogP contribution in [0.4, 0.5) is 0 Å². The van der Waals surface area contributed by atoms with Crippen LogP contribution >= 0.6 is 11.8 Å². The fourth-order valence-corrected chi connectivity index (χ4v) is 2.89. The first-order chi connectivity index (χ1) is 11.2. The van der Waals surface area contributed by atoms with Crippen molar-refractivity contribution < 1.29 is 0 Å². The van der Waals surface area contributed by atoms with Gasteiger partial charge in [0.15, 0.2) is 5.16 Å². The minimum Gasteiger partial charge on any atom is -0.268 e. The molecule has 0 aliphatic heterocycles. The summed E-state index contributed by atoms with van der Waals surface area (Å²) < 4.78 is 1.48. The van der Waals surface area contributed by atoms with Crippen molar-refractivity contribution in [1.29, 1.82) is 10.5 Å². The highest BCUT2D eigenvalue weighted by molar-refractivity contribution is 7.99. The second-order valence-electron chi connectivity index (χ2n) is 4.66. The van der Waals surface area contributed by atoms with Gasteiger partial charge in [-0.15, -0.1) is 0 Å². The molecular formula is C17H10N4OS. The topological polar surface area (TPSA) is 82.5 Å². The number of hydrogen-bond acceptors (Lipinski definition) is 5. The molecule has 1 aromatic heterocycles. The lowest BCUT2D eigenvalue weighted by molar-refractivity contribution is 0.821. The SMILES string of the molecule is N#CCSc1nc2ccccc2c(=O)n1-c1ccc(C#N)cc1. The van der Waals surface area contributed by atoms with Gasteiger partial charge >= 0.3 is 0 Å². The van der Waals surface area contributed by atoms with Crippen LogP contribution < -0.4 is 5.56 Å². The lowest BCUT2D eigenvalue weighted by Gasteiger charge is -2.12. The zero-order valence-corrected chi connectivity index (χ0v) is 12.7. The quantitative estimate of drug-likeness (QED) is 0.548. The molecule has 5 nitrogen and oxygen atoms in total. The molecular weight excluding hydrogens is 308 g/mol. The van der Waals surface area contributed by atoms with Gasteiger partial charge < -0.3 is 0 Å². The second-order valence-corrected chi connectivity index (χ2v) is 5.60. The Balaban J connectivity index is 2.27. The summed E-state index contributed by atoms with van der Waals surface area (Å²) in [6.45, 7) is 0. The van der Waals surface area contributed by atoms with Crippen LogP contribution in [0.15, 0.2) is 58.5 Å². The van der Waals surface area contributed by atoms with E-state index in [2.05, 4.69) is 4.98 Å². The molecule has 0 spiro atoms. The molecule has 0 bridgehead atoms. The first kappa shape index (κ1) is 14.8. The normalized spacial score (nSPS) is 10.2. The number of para-hydroxylation sites is 1. The fourth-order valence-electron chi connectivity index (χ4n) is 2.22.